The fourth-order valence-electron chi connectivity index (χ4n) is 1.61. The van der Waals surface area contributed by atoms with Crippen molar-refractivity contribution in [1.29, 1.82) is 0 Å². The van der Waals surface area contributed by atoms with Crippen LogP contribution in [0.4, 0.5) is 0 Å². The fraction of sp³-hybridized carbons (Fsp3) is 0.571. The molecule has 0 saturated heterocycles. The Balaban J connectivity index is 2.35. The molecular weight excluding hydrogens is 260 g/mol. The number of hydrogen-bond donors (Lipinski definition) is 2. The smallest absolute Gasteiger partial charge is 0.175 e. The van der Waals surface area contributed by atoms with Crippen molar-refractivity contribution in [2.45, 2.75) is 37.8 Å². The molecule has 1 aromatic carbocycles. The van der Waals surface area contributed by atoms with Crippen LogP contribution in [0.2, 0.25) is 0 Å². The van der Waals surface area contributed by atoms with E-state index in [0.29, 0.717) is 4.90 Å². The van der Waals surface area contributed by atoms with E-state index in [4.69, 9.17) is 0 Å². The predicted molar refractivity (Wildman–Crippen MR) is 79.0 cm³/mol. The van der Waals surface area contributed by atoms with E-state index in [2.05, 4.69) is 31.4 Å². The molecule has 5 heteroatoms. The molecule has 0 aliphatic heterocycles. The van der Waals surface area contributed by atoms with E-state index in [-0.39, 0.29) is 5.54 Å². The van der Waals surface area contributed by atoms with Gasteiger partial charge in [-0.25, -0.2) is 8.42 Å². The molecular formula is C14H24N2O2S. The lowest BCUT2D eigenvalue weighted by Gasteiger charge is -2.20. The molecule has 4 nitrogen and oxygen atoms in total. The maximum Gasteiger partial charge on any atom is 0.175 e. The first-order chi connectivity index (χ1) is 8.68. The number of hydrogen-bond acceptors (Lipinski definition) is 4. The van der Waals surface area contributed by atoms with Crippen molar-refractivity contribution in [1.82, 2.24) is 10.6 Å². The first-order valence-corrected chi connectivity index (χ1v) is 8.32. The normalized spacial score (nSPS) is 12.6. The second-order valence-electron chi connectivity index (χ2n) is 5.77. The average Bonchev–Trinajstić information content (AvgIpc) is 2.26. The SMILES string of the molecule is CC(C)(C)NCCNCc1ccc(S(C)(=O)=O)cc1. The van der Waals surface area contributed by atoms with Crippen molar-refractivity contribution >= 4 is 9.84 Å². The van der Waals surface area contributed by atoms with Crippen LogP contribution in [-0.2, 0) is 16.4 Å². The maximum absolute atomic E-state index is 11.3. The van der Waals surface area contributed by atoms with Crippen LogP contribution in [0.25, 0.3) is 0 Å². The van der Waals surface area contributed by atoms with Gasteiger partial charge in [-0.2, -0.15) is 0 Å². The van der Waals surface area contributed by atoms with E-state index >= 15 is 0 Å². The zero-order valence-electron chi connectivity index (χ0n) is 12.2. The van der Waals surface area contributed by atoms with Gasteiger partial charge in [-0.05, 0) is 38.5 Å². The largest absolute Gasteiger partial charge is 0.311 e. The third kappa shape index (κ3) is 6.71. The minimum atomic E-state index is -3.10. The van der Waals surface area contributed by atoms with Gasteiger partial charge < -0.3 is 10.6 Å². The Bertz CT molecular complexity index is 487. The molecule has 0 atom stereocenters. The standard InChI is InChI=1S/C14H24N2O2S/c1-14(2,3)16-10-9-15-11-12-5-7-13(8-6-12)19(4,17)18/h5-8,15-16H,9-11H2,1-4H3. The van der Waals surface area contributed by atoms with Crippen molar-refractivity contribution < 1.29 is 8.42 Å². The van der Waals surface area contributed by atoms with Crippen LogP contribution in [0.1, 0.15) is 26.3 Å². The molecule has 1 aromatic rings. The van der Waals surface area contributed by atoms with E-state index in [1.54, 1.807) is 12.1 Å². The molecule has 2 N–H and O–H groups in total. The Kier molecular flexibility index (Phi) is 5.52. The number of sulfone groups is 1. The predicted octanol–water partition coefficient (Wildman–Crippen LogP) is 1.57. The molecule has 0 radical (unpaired) electrons. The lowest BCUT2D eigenvalue weighted by atomic mass is 10.1. The summed E-state index contributed by atoms with van der Waals surface area (Å²) in [7, 11) is -3.10. The van der Waals surface area contributed by atoms with E-state index < -0.39 is 9.84 Å². The summed E-state index contributed by atoms with van der Waals surface area (Å²) in [5, 5.41) is 6.72. The summed E-state index contributed by atoms with van der Waals surface area (Å²) < 4.78 is 22.6. The molecule has 0 aliphatic carbocycles. The van der Waals surface area contributed by atoms with E-state index in [1.165, 1.54) is 6.26 Å². The van der Waals surface area contributed by atoms with Gasteiger partial charge in [0.2, 0.25) is 0 Å². The highest BCUT2D eigenvalue weighted by Gasteiger charge is 2.07. The molecule has 0 bridgehead atoms. The van der Waals surface area contributed by atoms with Gasteiger partial charge >= 0.3 is 0 Å². The topological polar surface area (TPSA) is 58.2 Å². The molecule has 0 saturated carbocycles. The first kappa shape index (κ1) is 16.1. The van der Waals surface area contributed by atoms with Crippen LogP contribution in [0.5, 0.6) is 0 Å². The molecule has 1 rings (SSSR count). The molecule has 0 spiro atoms. The Morgan fingerprint density at radius 3 is 2.11 bits per heavy atom. The third-order valence-corrected chi connectivity index (χ3v) is 3.77. The van der Waals surface area contributed by atoms with Crippen LogP contribution in [-0.4, -0.2) is 33.3 Å². The van der Waals surface area contributed by atoms with Crippen LogP contribution in [0, 0.1) is 0 Å². The van der Waals surface area contributed by atoms with Gasteiger partial charge in [0, 0.05) is 31.4 Å². The minimum Gasteiger partial charge on any atom is -0.311 e. The summed E-state index contributed by atoms with van der Waals surface area (Å²) >= 11 is 0. The summed E-state index contributed by atoms with van der Waals surface area (Å²) in [5.74, 6) is 0. The lowest BCUT2D eigenvalue weighted by Crippen LogP contribution is -2.40. The second-order valence-corrected chi connectivity index (χ2v) is 7.79. The van der Waals surface area contributed by atoms with E-state index in [0.717, 1.165) is 25.2 Å². The molecule has 0 aromatic heterocycles. The number of benzene rings is 1. The van der Waals surface area contributed by atoms with Crippen molar-refractivity contribution in [2.24, 2.45) is 0 Å². The van der Waals surface area contributed by atoms with Crippen LogP contribution < -0.4 is 10.6 Å². The second kappa shape index (κ2) is 6.50. The van der Waals surface area contributed by atoms with Gasteiger partial charge in [0.25, 0.3) is 0 Å². The summed E-state index contributed by atoms with van der Waals surface area (Å²) in [6.45, 7) is 8.94. The lowest BCUT2D eigenvalue weighted by molar-refractivity contribution is 0.421. The quantitative estimate of drug-likeness (QED) is 0.779. The van der Waals surface area contributed by atoms with Crippen LogP contribution in [0.15, 0.2) is 29.2 Å². The van der Waals surface area contributed by atoms with Gasteiger partial charge in [-0.3, -0.25) is 0 Å². The van der Waals surface area contributed by atoms with Gasteiger partial charge in [0.05, 0.1) is 4.90 Å². The van der Waals surface area contributed by atoms with E-state index in [9.17, 15) is 8.42 Å². The summed E-state index contributed by atoms with van der Waals surface area (Å²) in [5.41, 5.74) is 1.22. The first-order valence-electron chi connectivity index (χ1n) is 6.43. The molecule has 0 fully saturated rings. The van der Waals surface area contributed by atoms with Gasteiger partial charge in [0.15, 0.2) is 9.84 Å². The van der Waals surface area contributed by atoms with Gasteiger partial charge in [-0.15, -0.1) is 0 Å². The Hall–Kier alpha value is -0.910. The molecule has 19 heavy (non-hydrogen) atoms. The Morgan fingerprint density at radius 1 is 1.05 bits per heavy atom. The van der Waals surface area contributed by atoms with Crippen molar-refractivity contribution in [3.05, 3.63) is 29.8 Å². The van der Waals surface area contributed by atoms with Gasteiger partial charge in [-0.1, -0.05) is 12.1 Å². The van der Waals surface area contributed by atoms with Crippen LogP contribution in [0.3, 0.4) is 0 Å². The minimum absolute atomic E-state index is 0.138. The summed E-state index contributed by atoms with van der Waals surface area (Å²) in [4.78, 5) is 0.366. The average molecular weight is 284 g/mol. The highest BCUT2D eigenvalue weighted by atomic mass is 32.2. The monoisotopic (exact) mass is 284 g/mol. The molecule has 0 heterocycles. The Labute approximate surface area is 116 Å². The number of rotatable bonds is 6. The van der Waals surface area contributed by atoms with Crippen LogP contribution >= 0.6 is 0 Å². The Morgan fingerprint density at radius 2 is 1.63 bits per heavy atom. The van der Waals surface area contributed by atoms with Gasteiger partial charge in [0.1, 0.15) is 0 Å². The zero-order chi connectivity index (χ0) is 14.5. The maximum atomic E-state index is 11.3. The molecule has 0 aliphatic rings. The summed E-state index contributed by atoms with van der Waals surface area (Å²) in [6.07, 6.45) is 1.22. The third-order valence-electron chi connectivity index (χ3n) is 2.64. The highest BCUT2D eigenvalue weighted by Crippen LogP contribution is 2.09. The van der Waals surface area contributed by atoms with Crippen molar-refractivity contribution in [2.75, 3.05) is 19.3 Å². The summed E-state index contributed by atoms with van der Waals surface area (Å²) in [6, 6.07) is 7.00. The number of nitrogens with one attached hydrogen (secondary N) is 2. The van der Waals surface area contributed by atoms with Crippen molar-refractivity contribution in [3.63, 3.8) is 0 Å². The van der Waals surface area contributed by atoms with Crippen molar-refractivity contribution in [3.8, 4) is 0 Å². The molecule has 0 unspecified atom stereocenters. The van der Waals surface area contributed by atoms with E-state index in [1.807, 2.05) is 12.1 Å². The fourth-order valence-corrected chi connectivity index (χ4v) is 2.24. The highest BCUT2D eigenvalue weighted by molar-refractivity contribution is 7.90. The zero-order valence-corrected chi connectivity index (χ0v) is 13.0. The molecule has 0 amide bonds. The molecule has 108 valence electrons.